The van der Waals surface area contributed by atoms with E-state index in [1.807, 2.05) is 0 Å². The monoisotopic (exact) mass is 198 g/mol. The SMILES string of the molecule is C=C=CC(=O)OC(C)NCON1CC1. The topological polar surface area (TPSA) is 50.6 Å². The van der Waals surface area contributed by atoms with Crippen molar-refractivity contribution in [3.05, 3.63) is 18.4 Å². The van der Waals surface area contributed by atoms with Crippen LogP contribution in [0.1, 0.15) is 6.92 Å². The lowest BCUT2D eigenvalue weighted by Gasteiger charge is -2.13. The summed E-state index contributed by atoms with van der Waals surface area (Å²) in [4.78, 5) is 16.0. The molecular weight excluding hydrogens is 184 g/mol. The van der Waals surface area contributed by atoms with Crippen LogP contribution in [0.5, 0.6) is 0 Å². The van der Waals surface area contributed by atoms with Gasteiger partial charge in [0.2, 0.25) is 0 Å². The maximum atomic E-state index is 10.9. The quantitative estimate of drug-likeness (QED) is 0.214. The highest BCUT2D eigenvalue weighted by Gasteiger charge is 2.17. The first kappa shape index (κ1) is 10.9. The standard InChI is InChI=1S/C9H14N2O3/c1-3-4-9(12)14-8(2)10-7-13-11-5-6-11/h4,8,10H,1,5-7H2,2H3. The Morgan fingerprint density at radius 3 is 3.07 bits per heavy atom. The highest BCUT2D eigenvalue weighted by molar-refractivity contribution is 5.81. The molecule has 1 N–H and O–H groups in total. The van der Waals surface area contributed by atoms with Gasteiger partial charge in [-0.1, -0.05) is 6.58 Å². The molecule has 5 heteroatoms. The fraction of sp³-hybridized carbons (Fsp3) is 0.556. The van der Waals surface area contributed by atoms with E-state index in [1.54, 1.807) is 12.0 Å². The van der Waals surface area contributed by atoms with E-state index >= 15 is 0 Å². The number of hydroxylamine groups is 2. The van der Waals surface area contributed by atoms with Gasteiger partial charge in [-0.05, 0) is 6.92 Å². The molecule has 1 atom stereocenters. The number of hydrogen-bond donors (Lipinski definition) is 1. The number of rotatable bonds is 6. The summed E-state index contributed by atoms with van der Waals surface area (Å²) >= 11 is 0. The maximum Gasteiger partial charge on any atom is 0.340 e. The van der Waals surface area contributed by atoms with Gasteiger partial charge in [0, 0.05) is 13.1 Å². The Morgan fingerprint density at radius 2 is 2.50 bits per heavy atom. The summed E-state index contributed by atoms with van der Waals surface area (Å²) in [5, 5.41) is 4.66. The van der Waals surface area contributed by atoms with Gasteiger partial charge < -0.3 is 4.74 Å². The Morgan fingerprint density at radius 1 is 1.79 bits per heavy atom. The van der Waals surface area contributed by atoms with Gasteiger partial charge in [0.05, 0.1) is 6.08 Å². The Balaban J connectivity index is 2.04. The van der Waals surface area contributed by atoms with Crippen molar-refractivity contribution < 1.29 is 14.4 Å². The smallest absolute Gasteiger partial charge is 0.340 e. The number of ether oxygens (including phenoxy) is 1. The summed E-state index contributed by atoms with van der Waals surface area (Å²) in [5.41, 5.74) is 2.34. The highest BCUT2D eigenvalue weighted by atomic mass is 16.7. The van der Waals surface area contributed by atoms with Crippen molar-refractivity contribution in [1.29, 1.82) is 0 Å². The molecule has 0 aromatic heterocycles. The molecule has 0 amide bonds. The second kappa shape index (κ2) is 5.57. The predicted octanol–water partition coefficient (Wildman–Crippen LogP) is 0.0110. The van der Waals surface area contributed by atoms with Gasteiger partial charge in [-0.3, -0.25) is 10.2 Å². The Kier molecular flexibility index (Phi) is 4.35. The first-order chi connectivity index (χ1) is 6.72. The third kappa shape index (κ3) is 4.79. The van der Waals surface area contributed by atoms with Gasteiger partial charge in [-0.15, -0.1) is 5.73 Å². The van der Waals surface area contributed by atoms with Crippen molar-refractivity contribution in [3.8, 4) is 0 Å². The number of nitrogens with one attached hydrogen (secondary N) is 1. The fourth-order valence-corrected chi connectivity index (χ4v) is 0.749. The zero-order valence-corrected chi connectivity index (χ0v) is 8.16. The number of esters is 1. The van der Waals surface area contributed by atoms with Gasteiger partial charge in [0.1, 0.15) is 6.73 Å². The van der Waals surface area contributed by atoms with Crippen molar-refractivity contribution in [2.75, 3.05) is 19.8 Å². The summed E-state index contributed by atoms with van der Waals surface area (Å²) in [6.07, 6.45) is 0.760. The first-order valence-corrected chi connectivity index (χ1v) is 4.40. The van der Waals surface area contributed by atoms with E-state index in [4.69, 9.17) is 9.57 Å². The molecule has 0 saturated carbocycles. The van der Waals surface area contributed by atoms with Crippen molar-refractivity contribution in [1.82, 2.24) is 10.4 Å². The van der Waals surface area contributed by atoms with Crippen molar-refractivity contribution in [2.45, 2.75) is 13.2 Å². The zero-order valence-electron chi connectivity index (χ0n) is 8.16. The average Bonchev–Trinajstić information content (AvgIpc) is 2.88. The summed E-state index contributed by atoms with van der Waals surface area (Å²) in [6.45, 7) is 7.27. The minimum Gasteiger partial charge on any atom is -0.443 e. The Hall–Kier alpha value is -1.13. The van der Waals surface area contributed by atoms with Crippen molar-refractivity contribution >= 4 is 5.97 Å². The van der Waals surface area contributed by atoms with Gasteiger partial charge in [0.25, 0.3) is 0 Å². The molecule has 0 bridgehead atoms. The zero-order chi connectivity index (χ0) is 10.4. The summed E-state index contributed by atoms with van der Waals surface area (Å²) in [6, 6.07) is 0. The van der Waals surface area contributed by atoms with E-state index in [0.717, 1.165) is 19.2 Å². The lowest BCUT2D eigenvalue weighted by Crippen LogP contribution is -2.33. The molecule has 1 aliphatic rings. The number of nitrogens with zero attached hydrogens (tertiary/aromatic N) is 1. The van der Waals surface area contributed by atoms with Gasteiger partial charge in [0.15, 0.2) is 6.23 Å². The van der Waals surface area contributed by atoms with Crippen LogP contribution in [0, 0.1) is 0 Å². The van der Waals surface area contributed by atoms with Crippen LogP contribution >= 0.6 is 0 Å². The molecule has 5 nitrogen and oxygen atoms in total. The van der Waals surface area contributed by atoms with Crippen molar-refractivity contribution in [3.63, 3.8) is 0 Å². The van der Waals surface area contributed by atoms with E-state index in [0.29, 0.717) is 6.73 Å². The predicted molar refractivity (Wildman–Crippen MR) is 49.9 cm³/mol. The minimum absolute atomic E-state index is 0.340. The average molecular weight is 198 g/mol. The van der Waals surface area contributed by atoms with Crippen LogP contribution in [0.15, 0.2) is 18.4 Å². The minimum atomic E-state index is -0.466. The third-order valence-electron chi connectivity index (χ3n) is 1.54. The Labute approximate surface area is 82.9 Å². The fourth-order valence-electron chi connectivity index (χ4n) is 0.749. The molecule has 1 saturated heterocycles. The third-order valence-corrected chi connectivity index (χ3v) is 1.54. The molecule has 78 valence electrons. The van der Waals surface area contributed by atoms with E-state index in [9.17, 15) is 4.79 Å². The van der Waals surface area contributed by atoms with Gasteiger partial charge in [-0.25, -0.2) is 4.79 Å². The molecule has 1 unspecified atom stereocenters. The molecule has 1 fully saturated rings. The van der Waals surface area contributed by atoms with E-state index in [-0.39, 0.29) is 6.23 Å². The molecule has 0 aromatic carbocycles. The van der Waals surface area contributed by atoms with E-state index < -0.39 is 5.97 Å². The summed E-state index contributed by atoms with van der Waals surface area (Å²) in [5.74, 6) is -0.466. The van der Waals surface area contributed by atoms with Crippen LogP contribution in [0.25, 0.3) is 0 Å². The van der Waals surface area contributed by atoms with Crippen LogP contribution in [0.3, 0.4) is 0 Å². The van der Waals surface area contributed by atoms with Gasteiger partial charge >= 0.3 is 5.97 Å². The largest absolute Gasteiger partial charge is 0.443 e. The second-order valence-electron chi connectivity index (χ2n) is 2.83. The lowest BCUT2D eigenvalue weighted by atomic mass is 10.6. The highest BCUT2D eigenvalue weighted by Crippen LogP contribution is 2.02. The molecule has 0 radical (unpaired) electrons. The molecule has 0 aromatic rings. The van der Waals surface area contributed by atoms with E-state index in [2.05, 4.69) is 17.6 Å². The van der Waals surface area contributed by atoms with Crippen molar-refractivity contribution in [2.24, 2.45) is 0 Å². The van der Waals surface area contributed by atoms with Crippen LogP contribution in [-0.4, -0.2) is 37.1 Å². The van der Waals surface area contributed by atoms with Crippen LogP contribution in [0.4, 0.5) is 0 Å². The normalized spacial score (nSPS) is 16.9. The molecule has 0 spiro atoms. The lowest BCUT2D eigenvalue weighted by molar-refractivity contribution is -0.147. The summed E-state index contributed by atoms with van der Waals surface area (Å²) in [7, 11) is 0. The van der Waals surface area contributed by atoms with Crippen LogP contribution < -0.4 is 5.32 Å². The molecule has 1 rings (SSSR count). The molecular formula is C9H14N2O3. The second-order valence-corrected chi connectivity index (χ2v) is 2.83. The van der Waals surface area contributed by atoms with Gasteiger partial charge in [-0.2, -0.15) is 5.06 Å². The summed E-state index contributed by atoms with van der Waals surface area (Å²) < 4.78 is 4.89. The number of carbonyl (C=O) groups is 1. The Bertz CT molecular complexity index is 244. The van der Waals surface area contributed by atoms with Crippen LogP contribution in [0.2, 0.25) is 0 Å². The first-order valence-electron chi connectivity index (χ1n) is 4.40. The molecule has 0 aliphatic carbocycles. The number of carbonyl (C=O) groups excluding carboxylic acids is 1. The van der Waals surface area contributed by atoms with E-state index in [1.165, 1.54) is 0 Å². The molecule has 1 aliphatic heterocycles. The maximum absolute atomic E-state index is 10.9. The number of hydrogen-bond acceptors (Lipinski definition) is 5. The molecule has 14 heavy (non-hydrogen) atoms. The van der Waals surface area contributed by atoms with Crippen LogP contribution in [-0.2, 0) is 14.4 Å². The molecule has 1 heterocycles.